The average molecular weight is 343 g/mol. The Kier molecular flexibility index (Phi) is 5.07. The van der Waals surface area contributed by atoms with Gasteiger partial charge < -0.3 is 18.8 Å². The van der Waals surface area contributed by atoms with Crippen molar-refractivity contribution in [2.24, 2.45) is 0 Å². The Morgan fingerprint density at radius 3 is 2.36 bits per heavy atom. The van der Waals surface area contributed by atoms with Crippen molar-refractivity contribution in [2.45, 2.75) is 25.9 Å². The van der Waals surface area contributed by atoms with Gasteiger partial charge in [-0.05, 0) is 31.2 Å². The van der Waals surface area contributed by atoms with Gasteiger partial charge in [-0.2, -0.15) is 0 Å². The molecule has 1 aromatic heterocycles. The predicted molar refractivity (Wildman–Crippen MR) is 92.3 cm³/mol. The van der Waals surface area contributed by atoms with Crippen molar-refractivity contribution in [3.63, 3.8) is 0 Å². The van der Waals surface area contributed by atoms with Crippen molar-refractivity contribution in [3.05, 3.63) is 58.1 Å². The van der Waals surface area contributed by atoms with Crippen molar-refractivity contribution in [3.8, 4) is 11.5 Å². The van der Waals surface area contributed by atoms with E-state index >= 15 is 0 Å². The van der Waals surface area contributed by atoms with Crippen molar-refractivity contribution < 1.29 is 18.7 Å². The summed E-state index contributed by atoms with van der Waals surface area (Å²) in [6.07, 6.45) is 1.52. The second-order valence-corrected chi connectivity index (χ2v) is 6.05. The fraction of sp³-hybridized carbons (Fsp3) is 0.368. The number of carbonyl (C=O) groups is 1. The molecule has 1 amide bonds. The second-order valence-electron chi connectivity index (χ2n) is 6.05. The molecule has 1 aliphatic heterocycles. The SMILES string of the molecule is COc1ccc(OC2CCN(C(=O)c3cc(=O)cc(C)o3)CC2)cc1. The summed E-state index contributed by atoms with van der Waals surface area (Å²) in [4.78, 5) is 25.7. The van der Waals surface area contributed by atoms with Gasteiger partial charge in [0.25, 0.3) is 5.91 Å². The van der Waals surface area contributed by atoms with E-state index < -0.39 is 0 Å². The van der Waals surface area contributed by atoms with Gasteiger partial charge >= 0.3 is 0 Å². The maximum absolute atomic E-state index is 12.5. The average Bonchev–Trinajstić information content (AvgIpc) is 2.61. The molecule has 132 valence electrons. The number of aryl methyl sites for hydroxylation is 1. The molecule has 0 radical (unpaired) electrons. The zero-order valence-electron chi connectivity index (χ0n) is 14.4. The molecular weight excluding hydrogens is 322 g/mol. The molecule has 2 aromatic rings. The number of amides is 1. The first-order valence-electron chi connectivity index (χ1n) is 8.27. The predicted octanol–water partition coefficient (Wildman–Crippen LogP) is 2.64. The van der Waals surface area contributed by atoms with Gasteiger partial charge in [0.1, 0.15) is 23.4 Å². The zero-order valence-corrected chi connectivity index (χ0v) is 14.4. The first-order chi connectivity index (χ1) is 12.0. The number of hydrogen-bond donors (Lipinski definition) is 0. The molecule has 0 bridgehead atoms. The molecule has 3 rings (SSSR count). The summed E-state index contributed by atoms with van der Waals surface area (Å²) in [6, 6.07) is 10.1. The lowest BCUT2D eigenvalue weighted by Gasteiger charge is -2.31. The summed E-state index contributed by atoms with van der Waals surface area (Å²) in [5.41, 5.74) is -0.218. The number of hydrogen-bond acceptors (Lipinski definition) is 5. The molecule has 0 atom stereocenters. The number of rotatable bonds is 4. The molecule has 6 heteroatoms. The van der Waals surface area contributed by atoms with Crippen LogP contribution in [0.4, 0.5) is 0 Å². The highest BCUT2D eigenvalue weighted by Gasteiger charge is 2.26. The Morgan fingerprint density at radius 1 is 1.12 bits per heavy atom. The number of benzene rings is 1. The molecule has 25 heavy (non-hydrogen) atoms. The molecule has 0 aliphatic carbocycles. The third kappa shape index (κ3) is 4.21. The standard InChI is InChI=1S/C19H21NO5/c1-13-11-14(21)12-18(24-13)19(22)20-9-7-17(8-10-20)25-16-5-3-15(23-2)4-6-16/h3-6,11-12,17H,7-10H2,1-2H3. The van der Waals surface area contributed by atoms with Crippen LogP contribution in [0, 0.1) is 6.92 Å². The van der Waals surface area contributed by atoms with Crippen LogP contribution in [-0.2, 0) is 0 Å². The minimum Gasteiger partial charge on any atom is -0.497 e. The Labute approximate surface area is 146 Å². The number of likely N-dealkylation sites (tertiary alicyclic amines) is 1. The molecule has 2 heterocycles. The maximum Gasteiger partial charge on any atom is 0.289 e. The molecule has 1 aromatic carbocycles. The zero-order chi connectivity index (χ0) is 17.8. The van der Waals surface area contributed by atoms with E-state index in [4.69, 9.17) is 13.9 Å². The monoisotopic (exact) mass is 343 g/mol. The highest BCUT2D eigenvalue weighted by atomic mass is 16.5. The third-order valence-electron chi connectivity index (χ3n) is 4.19. The van der Waals surface area contributed by atoms with Crippen LogP contribution in [-0.4, -0.2) is 37.1 Å². The van der Waals surface area contributed by atoms with Gasteiger partial charge in [0.05, 0.1) is 7.11 Å². The summed E-state index contributed by atoms with van der Waals surface area (Å²) in [5, 5.41) is 0. The smallest absolute Gasteiger partial charge is 0.289 e. The van der Waals surface area contributed by atoms with E-state index in [-0.39, 0.29) is 23.2 Å². The minimum atomic E-state index is -0.247. The van der Waals surface area contributed by atoms with Crippen LogP contribution in [0.1, 0.15) is 29.2 Å². The Bertz CT molecular complexity index is 788. The Balaban J connectivity index is 1.57. The molecule has 0 spiro atoms. The fourth-order valence-corrected chi connectivity index (χ4v) is 2.89. The van der Waals surface area contributed by atoms with E-state index in [1.165, 1.54) is 12.1 Å². The third-order valence-corrected chi connectivity index (χ3v) is 4.19. The van der Waals surface area contributed by atoms with E-state index in [9.17, 15) is 9.59 Å². The lowest BCUT2D eigenvalue weighted by atomic mass is 10.1. The van der Waals surface area contributed by atoms with Gasteiger partial charge in [0.2, 0.25) is 0 Å². The number of piperidine rings is 1. The van der Waals surface area contributed by atoms with E-state index in [2.05, 4.69) is 0 Å². The highest BCUT2D eigenvalue weighted by Crippen LogP contribution is 2.22. The molecule has 1 fully saturated rings. The number of ether oxygens (including phenoxy) is 2. The van der Waals surface area contributed by atoms with Crippen molar-refractivity contribution in [1.29, 1.82) is 0 Å². The van der Waals surface area contributed by atoms with Crippen molar-refractivity contribution >= 4 is 5.91 Å². The molecule has 1 aliphatic rings. The lowest BCUT2D eigenvalue weighted by Crippen LogP contribution is -2.42. The largest absolute Gasteiger partial charge is 0.497 e. The molecule has 0 saturated carbocycles. The van der Waals surface area contributed by atoms with E-state index in [0.717, 1.165) is 24.3 Å². The van der Waals surface area contributed by atoms with E-state index in [0.29, 0.717) is 18.8 Å². The minimum absolute atomic E-state index is 0.0574. The van der Waals surface area contributed by atoms with Gasteiger partial charge in [0.15, 0.2) is 11.2 Å². The van der Waals surface area contributed by atoms with Crippen LogP contribution < -0.4 is 14.9 Å². The first-order valence-corrected chi connectivity index (χ1v) is 8.27. The topological polar surface area (TPSA) is 69.0 Å². The van der Waals surface area contributed by atoms with Crippen LogP contribution >= 0.6 is 0 Å². The quantitative estimate of drug-likeness (QED) is 0.854. The Morgan fingerprint density at radius 2 is 1.76 bits per heavy atom. The molecule has 0 unspecified atom stereocenters. The fourth-order valence-electron chi connectivity index (χ4n) is 2.89. The van der Waals surface area contributed by atoms with Crippen molar-refractivity contribution in [1.82, 2.24) is 4.90 Å². The van der Waals surface area contributed by atoms with Gasteiger partial charge in [0, 0.05) is 38.1 Å². The van der Waals surface area contributed by atoms with Crippen molar-refractivity contribution in [2.75, 3.05) is 20.2 Å². The molecule has 6 nitrogen and oxygen atoms in total. The summed E-state index contributed by atoms with van der Waals surface area (Å²) in [5.74, 6) is 1.86. The van der Waals surface area contributed by atoms with Crippen LogP contribution in [0.2, 0.25) is 0 Å². The van der Waals surface area contributed by atoms with Crippen LogP contribution in [0.25, 0.3) is 0 Å². The van der Waals surface area contributed by atoms with Crippen LogP contribution in [0.15, 0.2) is 45.6 Å². The number of nitrogens with zero attached hydrogens (tertiary/aromatic N) is 1. The Hall–Kier alpha value is -2.76. The molecular formula is C19H21NO5. The highest BCUT2D eigenvalue weighted by molar-refractivity contribution is 5.91. The lowest BCUT2D eigenvalue weighted by molar-refractivity contribution is 0.0562. The summed E-state index contributed by atoms with van der Waals surface area (Å²) >= 11 is 0. The van der Waals surface area contributed by atoms with Crippen LogP contribution in [0.5, 0.6) is 11.5 Å². The molecule has 1 saturated heterocycles. The van der Waals surface area contributed by atoms with Crippen LogP contribution in [0.3, 0.4) is 0 Å². The van der Waals surface area contributed by atoms with Gasteiger partial charge in [-0.1, -0.05) is 0 Å². The normalized spacial score (nSPS) is 15.0. The van der Waals surface area contributed by atoms with E-state index in [1.807, 2.05) is 24.3 Å². The summed E-state index contributed by atoms with van der Waals surface area (Å²) < 4.78 is 16.5. The maximum atomic E-state index is 12.5. The molecule has 0 N–H and O–H groups in total. The first kappa shape index (κ1) is 17.1. The number of carbonyl (C=O) groups excluding carboxylic acids is 1. The van der Waals surface area contributed by atoms with Gasteiger partial charge in [-0.25, -0.2) is 0 Å². The van der Waals surface area contributed by atoms with Gasteiger partial charge in [-0.15, -0.1) is 0 Å². The number of methoxy groups -OCH3 is 1. The summed E-state index contributed by atoms with van der Waals surface area (Å²) in [6.45, 7) is 2.79. The van der Waals surface area contributed by atoms with Gasteiger partial charge in [-0.3, -0.25) is 9.59 Å². The second kappa shape index (κ2) is 7.42. The summed E-state index contributed by atoms with van der Waals surface area (Å²) in [7, 11) is 1.62. The van der Waals surface area contributed by atoms with E-state index in [1.54, 1.807) is 18.9 Å².